The number of carbonyl (C=O) groups excluding carboxylic acids is 1. The molecule has 2 aliphatic rings. The number of hydrogen-bond donors (Lipinski definition) is 1. The zero-order chi connectivity index (χ0) is 31.2. The Bertz CT molecular complexity index is 1470. The van der Waals surface area contributed by atoms with Crippen LogP contribution in [-0.4, -0.2) is 59.0 Å². The lowest BCUT2D eigenvalue weighted by atomic mass is 9.73. The predicted octanol–water partition coefficient (Wildman–Crippen LogP) is 7.48. The first-order valence-corrected chi connectivity index (χ1v) is 19.4. The molecule has 1 N–H and O–H groups in total. The van der Waals surface area contributed by atoms with E-state index in [0.717, 1.165) is 50.0 Å². The highest BCUT2D eigenvalue weighted by Gasteiger charge is 2.49. The molecule has 1 aliphatic heterocycles. The second-order valence-electron chi connectivity index (χ2n) is 14.9. The number of fused-ring (bicyclic) bond motifs is 2. The molecule has 43 heavy (non-hydrogen) atoms. The summed E-state index contributed by atoms with van der Waals surface area (Å²) in [6.07, 6.45) is 4.09. The SMILES string of the molecule is CC(C)(C)OC(=O)N[C@@H]1c2ccccc2CC12CCN(c1nc3nc(Br)cnc3n1COCC[Si](C)(C)C(C)(C)C)CC2. The molecule has 1 saturated heterocycles. The molecular formula is C32H47BrN6O3Si. The lowest BCUT2D eigenvalue weighted by molar-refractivity contribution is 0.0427. The Morgan fingerprint density at radius 1 is 1.12 bits per heavy atom. The molecule has 1 aromatic carbocycles. The Morgan fingerprint density at radius 2 is 1.81 bits per heavy atom. The van der Waals surface area contributed by atoms with Gasteiger partial charge in [-0.05, 0) is 78.2 Å². The molecule has 1 aliphatic carbocycles. The fourth-order valence-electron chi connectivity index (χ4n) is 6.15. The van der Waals surface area contributed by atoms with Gasteiger partial charge in [-0.15, -0.1) is 0 Å². The van der Waals surface area contributed by atoms with Gasteiger partial charge >= 0.3 is 6.09 Å². The summed E-state index contributed by atoms with van der Waals surface area (Å²) in [5.74, 6) is 0.836. The maximum Gasteiger partial charge on any atom is 0.408 e. The molecule has 1 amide bonds. The molecule has 1 fully saturated rings. The molecule has 2 aromatic heterocycles. The van der Waals surface area contributed by atoms with Crippen LogP contribution in [0.1, 0.15) is 71.6 Å². The van der Waals surface area contributed by atoms with Gasteiger partial charge in [-0.2, -0.15) is 4.98 Å². The van der Waals surface area contributed by atoms with E-state index in [1.165, 1.54) is 11.1 Å². The molecule has 0 saturated carbocycles. The van der Waals surface area contributed by atoms with Crippen LogP contribution >= 0.6 is 15.9 Å². The number of carbonyl (C=O) groups is 1. The quantitative estimate of drug-likeness (QED) is 0.206. The van der Waals surface area contributed by atoms with Crippen molar-refractivity contribution in [1.29, 1.82) is 0 Å². The second-order valence-corrected chi connectivity index (χ2v) is 21.5. The molecule has 234 valence electrons. The minimum atomic E-state index is -1.44. The summed E-state index contributed by atoms with van der Waals surface area (Å²) in [4.78, 5) is 29.5. The Hall–Kier alpha value is -2.50. The van der Waals surface area contributed by atoms with Gasteiger partial charge in [-0.1, -0.05) is 58.1 Å². The molecule has 1 atom stereocenters. The maximum atomic E-state index is 13.0. The van der Waals surface area contributed by atoms with E-state index in [1.54, 1.807) is 6.20 Å². The van der Waals surface area contributed by atoms with Crippen LogP contribution in [0.4, 0.5) is 10.7 Å². The van der Waals surface area contributed by atoms with Crippen LogP contribution in [0.25, 0.3) is 11.3 Å². The average Bonchev–Trinajstić information content (AvgIpc) is 3.40. The number of rotatable bonds is 7. The largest absolute Gasteiger partial charge is 0.444 e. The van der Waals surface area contributed by atoms with Gasteiger partial charge in [0.15, 0.2) is 5.65 Å². The molecule has 0 unspecified atom stereocenters. The third kappa shape index (κ3) is 6.78. The summed E-state index contributed by atoms with van der Waals surface area (Å²) in [7, 11) is -1.44. The van der Waals surface area contributed by atoms with Crippen molar-refractivity contribution >= 4 is 47.3 Å². The van der Waals surface area contributed by atoms with Gasteiger partial charge in [-0.25, -0.2) is 14.8 Å². The summed E-state index contributed by atoms with van der Waals surface area (Å²) in [6, 6.07) is 9.47. The van der Waals surface area contributed by atoms with Gasteiger partial charge in [0.25, 0.3) is 0 Å². The number of anilines is 1. The molecule has 0 bridgehead atoms. The van der Waals surface area contributed by atoms with Crippen LogP contribution in [-0.2, 0) is 22.6 Å². The second kappa shape index (κ2) is 11.8. The third-order valence-corrected chi connectivity index (χ3v) is 15.7. The van der Waals surface area contributed by atoms with Crippen LogP contribution < -0.4 is 10.2 Å². The van der Waals surface area contributed by atoms with E-state index in [4.69, 9.17) is 14.5 Å². The van der Waals surface area contributed by atoms with Gasteiger partial charge < -0.3 is 19.7 Å². The number of hydrogen-bond acceptors (Lipinski definition) is 7. The van der Waals surface area contributed by atoms with Crippen LogP contribution in [0.3, 0.4) is 0 Å². The van der Waals surface area contributed by atoms with E-state index >= 15 is 0 Å². The summed E-state index contributed by atoms with van der Waals surface area (Å²) < 4.78 is 14.7. The number of halogens is 1. The Kier molecular flexibility index (Phi) is 8.74. The van der Waals surface area contributed by atoms with Crippen molar-refractivity contribution in [1.82, 2.24) is 24.8 Å². The maximum absolute atomic E-state index is 13.0. The number of aromatic nitrogens is 4. The van der Waals surface area contributed by atoms with Crippen LogP contribution in [0, 0.1) is 5.41 Å². The minimum absolute atomic E-state index is 0.0901. The summed E-state index contributed by atoms with van der Waals surface area (Å²) in [5, 5.41) is 3.58. The molecule has 9 nitrogen and oxygen atoms in total. The number of ether oxygens (including phenoxy) is 2. The summed E-state index contributed by atoms with van der Waals surface area (Å²) in [6.45, 7) is 20.3. The van der Waals surface area contributed by atoms with Crippen LogP contribution in [0.15, 0.2) is 35.1 Å². The zero-order valence-corrected chi connectivity index (χ0v) is 29.5. The Balaban J connectivity index is 1.35. The fraction of sp³-hybridized carbons (Fsp3) is 0.625. The smallest absolute Gasteiger partial charge is 0.408 e. The highest BCUT2D eigenvalue weighted by molar-refractivity contribution is 9.10. The van der Waals surface area contributed by atoms with Gasteiger partial charge in [-0.3, -0.25) is 4.57 Å². The molecule has 11 heteroatoms. The monoisotopic (exact) mass is 670 g/mol. The molecule has 1 spiro atoms. The van der Waals surface area contributed by atoms with Gasteiger partial charge in [0, 0.05) is 25.1 Å². The van der Waals surface area contributed by atoms with Crippen molar-refractivity contribution in [3.63, 3.8) is 0 Å². The molecular weight excluding hydrogens is 624 g/mol. The van der Waals surface area contributed by atoms with Crippen LogP contribution in [0.2, 0.25) is 24.2 Å². The Labute approximate surface area is 265 Å². The highest BCUT2D eigenvalue weighted by Crippen LogP contribution is 2.52. The number of piperidine rings is 1. The van der Waals surface area contributed by atoms with Crippen molar-refractivity contribution in [3.8, 4) is 0 Å². The van der Waals surface area contributed by atoms with Crippen molar-refractivity contribution < 1.29 is 14.3 Å². The predicted molar refractivity (Wildman–Crippen MR) is 177 cm³/mol. The van der Waals surface area contributed by atoms with E-state index in [1.807, 2.05) is 20.8 Å². The molecule has 3 aromatic rings. The van der Waals surface area contributed by atoms with Gasteiger partial charge in [0.1, 0.15) is 16.9 Å². The van der Waals surface area contributed by atoms with E-state index in [2.05, 4.69) is 98.8 Å². The lowest BCUT2D eigenvalue weighted by Crippen LogP contribution is -2.48. The first-order chi connectivity index (χ1) is 20.1. The van der Waals surface area contributed by atoms with E-state index in [0.29, 0.717) is 28.6 Å². The number of alkyl carbamates (subject to hydrolysis) is 1. The molecule has 5 rings (SSSR count). The van der Waals surface area contributed by atoms with Crippen molar-refractivity contribution in [2.24, 2.45) is 5.41 Å². The van der Waals surface area contributed by atoms with Crippen molar-refractivity contribution in [2.45, 2.75) is 103 Å². The van der Waals surface area contributed by atoms with Crippen molar-refractivity contribution in [2.75, 3.05) is 24.6 Å². The number of benzene rings is 1. The zero-order valence-electron chi connectivity index (χ0n) is 27.0. The Morgan fingerprint density at radius 3 is 2.49 bits per heavy atom. The molecule has 3 heterocycles. The van der Waals surface area contributed by atoms with E-state index in [9.17, 15) is 4.79 Å². The van der Waals surface area contributed by atoms with Gasteiger partial charge in [0.2, 0.25) is 11.6 Å². The average molecular weight is 672 g/mol. The normalized spacial score (nSPS) is 18.7. The molecule has 0 radical (unpaired) electrons. The highest BCUT2D eigenvalue weighted by atomic mass is 79.9. The van der Waals surface area contributed by atoms with Gasteiger partial charge in [0.05, 0.1) is 20.3 Å². The number of imidazole rings is 1. The van der Waals surface area contributed by atoms with E-state index in [-0.39, 0.29) is 17.6 Å². The van der Waals surface area contributed by atoms with E-state index < -0.39 is 13.7 Å². The summed E-state index contributed by atoms with van der Waals surface area (Å²) >= 11 is 3.46. The van der Waals surface area contributed by atoms with Crippen LogP contribution in [0.5, 0.6) is 0 Å². The lowest BCUT2D eigenvalue weighted by Gasteiger charge is -2.43. The summed E-state index contributed by atoms with van der Waals surface area (Å²) in [5.41, 5.74) is 3.19. The topological polar surface area (TPSA) is 94.4 Å². The first kappa shape index (κ1) is 31.9. The number of amides is 1. The standard InChI is InChI=1S/C32H47BrN6O3Si/c1-30(2,3)42-29(40)36-25-23-12-10-9-11-22(23)19-32(25)13-15-38(16-14-32)28-37-26-27(34-20-24(33)35-26)39(28)21-41-17-18-43(7,8)31(4,5)6/h9-12,20,25H,13-19,21H2,1-8H3,(H,36,40)/t25-/m1/s1. The third-order valence-electron chi connectivity index (χ3n) is 9.76. The minimum Gasteiger partial charge on any atom is -0.444 e. The fourth-order valence-corrected chi connectivity index (χ4v) is 7.82. The number of nitrogens with zero attached hydrogens (tertiary/aromatic N) is 5. The number of nitrogens with one attached hydrogen (secondary N) is 1. The first-order valence-electron chi connectivity index (χ1n) is 15.4. The van der Waals surface area contributed by atoms with Crippen molar-refractivity contribution in [3.05, 3.63) is 46.2 Å².